The van der Waals surface area contributed by atoms with Crippen LogP contribution in [0.3, 0.4) is 0 Å². The van der Waals surface area contributed by atoms with Gasteiger partial charge in [0.25, 0.3) is 0 Å². The van der Waals surface area contributed by atoms with Crippen molar-refractivity contribution in [3.8, 4) is 11.1 Å². The van der Waals surface area contributed by atoms with Gasteiger partial charge in [-0.2, -0.15) is 13.2 Å². The number of alkyl halides is 3. The van der Waals surface area contributed by atoms with Gasteiger partial charge in [-0.1, -0.05) is 26.8 Å². The number of sulfonamides is 1. The molecule has 0 saturated heterocycles. The lowest BCUT2D eigenvalue weighted by Crippen LogP contribution is -2.29. The number of pyridine rings is 1. The zero-order chi connectivity index (χ0) is 25.1. The van der Waals surface area contributed by atoms with E-state index in [1.807, 2.05) is 25.3 Å². The molecule has 2 aromatic heterocycles. The Morgan fingerprint density at radius 3 is 2.44 bits per heavy atom. The summed E-state index contributed by atoms with van der Waals surface area (Å²) in [6, 6.07) is 4.49. The molecule has 1 N–H and O–H groups in total. The van der Waals surface area contributed by atoms with Crippen molar-refractivity contribution < 1.29 is 26.0 Å². The molecule has 1 aliphatic rings. The fraction of sp³-hybridized carbons (Fsp3) is 0.458. The minimum atomic E-state index is -4.74. The number of nitrogens with one attached hydrogen (secondary N) is 1. The zero-order valence-electron chi connectivity index (χ0n) is 19.4. The first-order chi connectivity index (χ1) is 15.7. The van der Waals surface area contributed by atoms with E-state index in [0.29, 0.717) is 35.9 Å². The summed E-state index contributed by atoms with van der Waals surface area (Å²) >= 11 is 0. The van der Waals surface area contributed by atoms with E-state index in [2.05, 4.69) is 9.71 Å². The van der Waals surface area contributed by atoms with Gasteiger partial charge in [0, 0.05) is 47.0 Å². The molecule has 1 aliphatic carbocycles. The van der Waals surface area contributed by atoms with E-state index in [4.69, 9.17) is 0 Å². The number of nitrogens with zero attached hydrogens (tertiary/aromatic N) is 2. The Bertz CT molecular complexity index is 1340. The summed E-state index contributed by atoms with van der Waals surface area (Å²) in [5, 5.41) is 0.0431. The van der Waals surface area contributed by atoms with Gasteiger partial charge < -0.3 is 4.57 Å². The Labute approximate surface area is 196 Å². The molecule has 3 aromatic rings. The maximum absolute atomic E-state index is 15.3. The monoisotopic (exact) mass is 497 g/mol. The lowest BCUT2D eigenvalue weighted by molar-refractivity contribution is -0.140. The maximum Gasteiger partial charge on any atom is 0.433 e. The second-order valence-corrected chi connectivity index (χ2v) is 12.1. The fourth-order valence-electron chi connectivity index (χ4n) is 4.16. The normalized spacial score (nSPS) is 16.2. The molecule has 1 aromatic carbocycles. The first-order valence-electron chi connectivity index (χ1n) is 11.0. The molecule has 0 bridgehead atoms. The Kier molecular flexibility index (Phi) is 6.05. The number of aromatic nitrogens is 2. The molecule has 0 amide bonds. The van der Waals surface area contributed by atoms with Crippen LogP contribution in [-0.4, -0.2) is 23.2 Å². The number of benzene rings is 1. The van der Waals surface area contributed by atoms with Gasteiger partial charge in [0.05, 0.1) is 5.25 Å². The van der Waals surface area contributed by atoms with Crippen LogP contribution in [0.2, 0.25) is 0 Å². The van der Waals surface area contributed by atoms with E-state index in [-0.39, 0.29) is 16.5 Å². The van der Waals surface area contributed by atoms with Crippen molar-refractivity contribution in [1.82, 2.24) is 14.3 Å². The van der Waals surface area contributed by atoms with Crippen molar-refractivity contribution in [1.29, 1.82) is 0 Å². The summed E-state index contributed by atoms with van der Waals surface area (Å²) in [4.78, 5) is 3.45. The maximum atomic E-state index is 15.3. The molecule has 0 unspecified atom stereocenters. The van der Waals surface area contributed by atoms with Crippen molar-refractivity contribution in [3.05, 3.63) is 53.7 Å². The highest BCUT2D eigenvalue weighted by Crippen LogP contribution is 2.40. The molecule has 5 nitrogen and oxygen atoms in total. The molecule has 0 spiro atoms. The van der Waals surface area contributed by atoms with Crippen molar-refractivity contribution in [2.75, 3.05) is 0 Å². The Morgan fingerprint density at radius 2 is 1.85 bits per heavy atom. The molecule has 184 valence electrons. The Morgan fingerprint density at radius 1 is 1.18 bits per heavy atom. The number of rotatable bonds is 6. The van der Waals surface area contributed by atoms with E-state index >= 15 is 4.39 Å². The SMILES string of the molecule is C[C@@H](NS(=O)(=O)C1CC1)c1cn(CC(C)(C)C)c2cc(-c3cccnc3C(F)(F)F)c(F)cc12. The average Bonchev–Trinajstić information content (AvgIpc) is 3.51. The Hall–Kier alpha value is -2.46. The highest BCUT2D eigenvalue weighted by Gasteiger charge is 2.38. The second-order valence-electron chi connectivity index (χ2n) is 10.1. The molecule has 1 atom stereocenters. The number of halogens is 4. The second kappa shape index (κ2) is 8.34. The molecular formula is C24H27F4N3O2S. The smallest absolute Gasteiger partial charge is 0.347 e. The number of fused-ring (bicyclic) bond motifs is 1. The third kappa shape index (κ3) is 4.98. The van der Waals surface area contributed by atoms with Gasteiger partial charge in [0.15, 0.2) is 5.69 Å². The average molecular weight is 498 g/mol. The van der Waals surface area contributed by atoms with Gasteiger partial charge in [-0.05, 0) is 48.9 Å². The molecule has 10 heteroatoms. The zero-order valence-corrected chi connectivity index (χ0v) is 20.2. The van der Waals surface area contributed by atoms with E-state index in [0.717, 1.165) is 6.20 Å². The topological polar surface area (TPSA) is 64.0 Å². The van der Waals surface area contributed by atoms with Crippen LogP contribution < -0.4 is 4.72 Å². The van der Waals surface area contributed by atoms with Crippen LogP contribution in [0.25, 0.3) is 22.0 Å². The summed E-state index contributed by atoms with van der Waals surface area (Å²) < 4.78 is 85.5. The van der Waals surface area contributed by atoms with Crippen LogP contribution in [0.4, 0.5) is 17.6 Å². The molecule has 1 saturated carbocycles. The van der Waals surface area contributed by atoms with Crippen LogP contribution in [0.15, 0.2) is 36.7 Å². The minimum Gasteiger partial charge on any atom is -0.347 e. The van der Waals surface area contributed by atoms with Gasteiger partial charge in [-0.3, -0.25) is 4.98 Å². The first kappa shape index (κ1) is 24.7. The standard InChI is InChI=1S/C24H27F4N3O2S/c1-14(30-34(32,33)15-7-8-15)19-12-31(13-23(2,3)4)21-11-17(20(25)10-18(19)21)16-6-5-9-29-22(16)24(26,27)28/h5-6,9-12,14-15,30H,7-8,13H2,1-4H3/t14-/m1/s1. The molecule has 34 heavy (non-hydrogen) atoms. The van der Waals surface area contributed by atoms with Crippen molar-refractivity contribution in [2.24, 2.45) is 5.41 Å². The highest BCUT2D eigenvalue weighted by molar-refractivity contribution is 7.90. The predicted molar refractivity (Wildman–Crippen MR) is 123 cm³/mol. The van der Waals surface area contributed by atoms with Crippen molar-refractivity contribution in [2.45, 2.75) is 64.5 Å². The lowest BCUT2D eigenvalue weighted by Gasteiger charge is -2.20. The van der Waals surface area contributed by atoms with Crippen LogP contribution >= 0.6 is 0 Å². The van der Waals surface area contributed by atoms with E-state index in [1.165, 1.54) is 24.3 Å². The first-order valence-corrected chi connectivity index (χ1v) is 12.6. The summed E-state index contributed by atoms with van der Waals surface area (Å²) in [5.74, 6) is -0.835. The fourth-order valence-corrected chi connectivity index (χ4v) is 5.73. The van der Waals surface area contributed by atoms with Gasteiger partial charge in [-0.15, -0.1) is 0 Å². The molecule has 2 heterocycles. The van der Waals surface area contributed by atoms with Crippen LogP contribution in [-0.2, 0) is 22.7 Å². The van der Waals surface area contributed by atoms with Gasteiger partial charge >= 0.3 is 6.18 Å². The summed E-state index contributed by atoms with van der Waals surface area (Å²) in [6.07, 6.45) is -0.743. The Balaban J connectivity index is 1.89. The van der Waals surface area contributed by atoms with E-state index in [9.17, 15) is 21.6 Å². The molecule has 0 radical (unpaired) electrons. The quantitative estimate of drug-likeness (QED) is 0.422. The largest absolute Gasteiger partial charge is 0.433 e. The van der Waals surface area contributed by atoms with Gasteiger partial charge in [-0.25, -0.2) is 17.5 Å². The predicted octanol–water partition coefficient (Wildman–Crippen LogP) is 6.05. The summed E-state index contributed by atoms with van der Waals surface area (Å²) in [6.45, 7) is 8.20. The third-order valence-corrected chi connectivity index (χ3v) is 7.81. The van der Waals surface area contributed by atoms with Crippen LogP contribution in [0.1, 0.15) is 57.8 Å². The van der Waals surface area contributed by atoms with Crippen molar-refractivity contribution in [3.63, 3.8) is 0 Å². The molecule has 4 rings (SSSR count). The lowest BCUT2D eigenvalue weighted by atomic mass is 9.96. The molecular weight excluding hydrogens is 470 g/mol. The number of hydrogen-bond donors (Lipinski definition) is 1. The summed E-state index contributed by atoms with van der Waals surface area (Å²) in [7, 11) is -3.50. The van der Waals surface area contributed by atoms with Gasteiger partial charge in [0.1, 0.15) is 5.82 Å². The molecule has 1 fully saturated rings. The van der Waals surface area contributed by atoms with Gasteiger partial charge in [0.2, 0.25) is 10.0 Å². The number of hydrogen-bond acceptors (Lipinski definition) is 3. The highest BCUT2D eigenvalue weighted by atomic mass is 32.2. The van der Waals surface area contributed by atoms with Crippen molar-refractivity contribution >= 4 is 20.9 Å². The molecule has 0 aliphatic heterocycles. The van der Waals surface area contributed by atoms with E-state index in [1.54, 1.807) is 13.1 Å². The van der Waals surface area contributed by atoms with Crippen LogP contribution in [0, 0.1) is 11.2 Å². The summed E-state index contributed by atoms with van der Waals surface area (Å²) in [5.41, 5.74) is -0.819. The third-order valence-electron chi connectivity index (χ3n) is 5.78. The van der Waals surface area contributed by atoms with Crippen LogP contribution in [0.5, 0.6) is 0 Å². The van der Waals surface area contributed by atoms with E-state index < -0.39 is 39.0 Å². The minimum absolute atomic E-state index is 0.194.